The molecule has 0 spiro atoms. The van der Waals surface area contributed by atoms with E-state index in [9.17, 15) is 18.0 Å². The number of H-pyrrole nitrogens is 1. The lowest BCUT2D eigenvalue weighted by molar-refractivity contribution is -0.137. The summed E-state index contributed by atoms with van der Waals surface area (Å²) in [6.45, 7) is 2.67. The predicted molar refractivity (Wildman–Crippen MR) is 125 cm³/mol. The molecule has 2 aromatic carbocycles. The maximum absolute atomic E-state index is 13.8. The summed E-state index contributed by atoms with van der Waals surface area (Å²) >= 11 is 0. The van der Waals surface area contributed by atoms with E-state index in [-0.39, 0.29) is 29.7 Å². The summed E-state index contributed by atoms with van der Waals surface area (Å²) in [4.78, 5) is 22.5. The molecule has 4 aromatic rings. The molecule has 1 amide bonds. The van der Waals surface area contributed by atoms with E-state index in [2.05, 4.69) is 30.8 Å². The molecule has 1 aliphatic rings. The Labute approximate surface area is 198 Å². The van der Waals surface area contributed by atoms with Crippen molar-refractivity contribution < 1.29 is 18.0 Å². The van der Waals surface area contributed by atoms with Crippen LogP contribution in [0.4, 0.5) is 24.8 Å². The van der Waals surface area contributed by atoms with Crippen LogP contribution in [0.5, 0.6) is 0 Å². The number of fused-ring (bicyclic) bond motifs is 1. The van der Waals surface area contributed by atoms with Crippen LogP contribution >= 0.6 is 0 Å². The number of carbonyl (C=O) groups excluding carboxylic acids is 1. The molecule has 35 heavy (non-hydrogen) atoms. The molecule has 2 N–H and O–H groups in total. The number of amides is 1. The molecular weight excluding hydrogens is 459 g/mol. The molecule has 0 saturated carbocycles. The Morgan fingerprint density at radius 1 is 1.14 bits per heavy atom. The number of carbonyl (C=O) groups is 1. The summed E-state index contributed by atoms with van der Waals surface area (Å²) in [7, 11) is 0. The van der Waals surface area contributed by atoms with Gasteiger partial charge >= 0.3 is 6.18 Å². The molecule has 1 atom stereocenters. The summed E-state index contributed by atoms with van der Waals surface area (Å²) < 4.78 is 41.3. The Hall–Kier alpha value is -3.99. The Kier molecular flexibility index (Phi) is 5.85. The molecule has 1 unspecified atom stereocenters. The van der Waals surface area contributed by atoms with Crippen LogP contribution < -0.4 is 5.32 Å². The van der Waals surface area contributed by atoms with Crippen LogP contribution in [-0.4, -0.2) is 50.6 Å². The number of nitrogens with zero attached hydrogens (tertiary/aromatic N) is 5. The van der Waals surface area contributed by atoms with Crippen LogP contribution in [0.3, 0.4) is 0 Å². The average Bonchev–Trinajstić information content (AvgIpc) is 3.26. The van der Waals surface area contributed by atoms with E-state index in [1.165, 1.54) is 25.1 Å². The highest BCUT2D eigenvalue weighted by atomic mass is 19.4. The number of para-hydroxylation sites is 1. The van der Waals surface area contributed by atoms with Gasteiger partial charge in [0.25, 0.3) is 0 Å². The summed E-state index contributed by atoms with van der Waals surface area (Å²) in [5, 5.41) is 15.7. The van der Waals surface area contributed by atoms with Crippen molar-refractivity contribution in [3.8, 4) is 11.4 Å². The van der Waals surface area contributed by atoms with Gasteiger partial charge in [0.2, 0.25) is 5.91 Å². The van der Waals surface area contributed by atoms with E-state index in [0.717, 1.165) is 17.0 Å². The normalized spacial score (nSPS) is 16.5. The topological polar surface area (TPSA) is 101 Å². The Bertz CT molecular complexity index is 1390. The number of hydrogen-bond donors (Lipinski definition) is 2. The molecule has 3 heterocycles. The Balaban J connectivity index is 1.61. The van der Waals surface area contributed by atoms with Gasteiger partial charge in [-0.1, -0.05) is 36.4 Å². The number of benzene rings is 2. The Morgan fingerprint density at radius 3 is 2.71 bits per heavy atom. The first-order chi connectivity index (χ1) is 16.8. The van der Waals surface area contributed by atoms with Crippen LogP contribution in [0.1, 0.15) is 24.2 Å². The first kappa shape index (κ1) is 22.8. The number of piperazine rings is 1. The number of aromatic amines is 1. The van der Waals surface area contributed by atoms with Crippen LogP contribution in [-0.2, 0) is 11.0 Å². The first-order valence-electron chi connectivity index (χ1n) is 11.0. The minimum absolute atomic E-state index is 0.0899. The third-order valence-electron chi connectivity index (χ3n) is 5.84. The summed E-state index contributed by atoms with van der Waals surface area (Å²) in [6.07, 6.45) is -4.58. The highest BCUT2D eigenvalue weighted by Gasteiger charge is 2.34. The van der Waals surface area contributed by atoms with Gasteiger partial charge in [-0.15, -0.1) is 6.54 Å². The molecule has 5 rings (SSSR count). The lowest BCUT2D eigenvalue weighted by Crippen LogP contribution is -2.39. The molecule has 1 saturated heterocycles. The molecule has 8 nitrogen and oxygen atoms in total. The first-order valence-corrected chi connectivity index (χ1v) is 11.0. The summed E-state index contributed by atoms with van der Waals surface area (Å²) in [6, 6.07) is 13.8. The van der Waals surface area contributed by atoms with Crippen molar-refractivity contribution in [2.45, 2.75) is 19.1 Å². The van der Waals surface area contributed by atoms with Crippen molar-refractivity contribution in [3.63, 3.8) is 0 Å². The van der Waals surface area contributed by atoms with E-state index in [1.807, 2.05) is 24.3 Å². The van der Waals surface area contributed by atoms with Gasteiger partial charge in [0.1, 0.15) is 5.82 Å². The number of anilines is 2. The Morgan fingerprint density at radius 2 is 1.91 bits per heavy atom. The summed E-state index contributed by atoms with van der Waals surface area (Å²) in [5.41, 5.74) is 0.238. The average molecular weight is 480 g/mol. The largest absolute Gasteiger partial charge is 0.652 e. The second kappa shape index (κ2) is 8.99. The zero-order valence-electron chi connectivity index (χ0n) is 18.7. The van der Waals surface area contributed by atoms with E-state index in [1.54, 1.807) is 11.0 Å². The molecule has 11 heteroatoms. The maximum Gasteiger partial charge on any atom is 0.417 e. The van der Waals surface area contributed by atoms with E-state index < -0.39 is 17.8 Å². The van der Waals surface area contributed by atoms with Crippen LogP contribution in [0, 0.1) is 0 Å². The van der Waals surface area contributed by atoms with Gasteiger partial charge in [-0.05, 0) is 18.2 Å². The third-order valence-corrected chi connectivity index (χ3v) is 5.84. The van der Waals surface area contributed by atoms with Gasteiger partial charge in [0.15, 0.2) is 11.6 Å². The number of hydrogen-bond acceptors (Lipinski definition) is 5. The second-order valence-electron chi connectivity index (χ2n) is 8.17. The number of aromatic nitrogens is 4. The van der Waals surface area contributed by atoms with Gasteiger partial charge in [0, 0.05) is 42.7 Å². The molecular formula is C24H21F3N7O-. The van der Waals surface area contributed by atoms with Gasteiger partial charge in [-0.25, -0.2) is 9.97 Å². The predicted octanol–water partition coefficient (Wildman–Crippen LogP) is 5.06. The molecule has 180 valence electrons. The van der Waals surface area contributed by atoms with Crippen LogP contribution in [0.25, 0.3) is 27.6 Å². The van der Waals surface area contributed by atoms with Crippen molar-refractivity contribution >= 4 is 28.4 Å². The fourth-order valence-corrected chi connectivity index (χ4v) is 4.09. The highest BCUT2D eigenvalue weighted by molar-refractivity contribution is 5.91. The van der Waals surface area contributed by atoms with E-state index in [4.69, 9.17) is 0 Å². The van der Waals surface area contributed by atoms with Gasteiger partial charge < -0.3 is 15.5 Å². The van der Waals surface area contributed by atoms with Crippen molar-refractivity contribution in [2.75, 3.05) is 25.0 Å². The molecule has 1 aliphatic heterocycles. The minimum atomic E-state index is -4.58. The molecule has 0 bridgehead atoms. The van der Waals surface area contributed by atoms with Crippen molar-refractivity contribution in [1.82, 2.24) is 25.1 Å². The number of rotatable bonds is 4. The van der Waals surface area contributed by atoms with Gasteiger partial charge in [0.05, 0.1) is 11.1 Å². The van der Waals surface area contributed by atoms with E-state index >= 15 is 0 Å². The molecule has 1 fully saturated rings. The number of alkyl halides is 3. The lowest BCUT2D eigenvalue weighted by atomic mass is 10.1. The molecule has 2 aromatic heterocycles. The molecule has 0 radical (unpaired) electrons. The van der Waals surface area contributed by atoms with Crippen molar-refractivity contribution in [3.05, 3.63) is 71.2 Å². The SMILES string of the molecule is CC(=O)N1CC[N-]C(c2cc(Nc3n[nH]c4ccccc34)nc(-c3ccccc3C(F)(F)F)n2)C1. The molecule has 0 aliphatic carbocycles. The quantitative estimate of drug-likeness (QED) is 0.425. The van der Waals surface area contributed by atoms with Crippen LogP contribution in [0.15, 0.2) is 54.6 Å². The minimum Gasteiger partial charge on any atom is -0.652 e. The fraction of sp³-hybridized carbons (Fsp3) is 0.250. The third kappa shape index (κ3) is 4.67. The van der Waals surface area contributed by atoms with Gasteiger partial charge in [-0.3, -0.25) is 9.89 Å². The van der Waals surface area contributed by atoms with Crippen molar-refractivity contribution in [2.24, 2.45) is 0 Å². The maximum atomic E-state index is 13.8. The fourth-order valence-electron chi connectivity index (χ4n) is 4.09. The van der Waals surface area contributed by atoms with Crippen molar-refractivity contribution in [1.29, 1.82) is 0 Å². The summed E-state index contributed by atoms with van der Waals surface area (Å²) in [5.74, 6) is 0.566. The second-order valence-corrected chi connectivity index (χ2v) is 8.17. The standard InChI is InChI=1S/C24H21F3N7O/c1-14(35)34-11-10-28-20(13-34)19-12-21(31-23-16-7-3-5-9-18(16)32-33-23)30-22(29-19)15-6-2-4-8-17(15)24(25,26)27/h2-9,12,20H,10-11,13H2,1H3,(H2,29,30,31,32,33)/q-1. The van der Waals surface area contributed by atoms with Gasteiger partial charge in [-0.2, -0.15) is 18.3 Å². The smallest absolute Gasteiger partial charge is 0.417 e. The zero-order valence-corrected chi connectivity index (χ0v) is 18.7. The monoisotopic (exact) mass is 480 g/mol. The lowest BCUT2D eigenvalue weighted by Gasteiger charge is -2.42. The van der Waals surface area contributed by atoms with E-state index in [0.29, 0.717) is 24.6 Å². The zero-order chi connectivity index (χ0) is 24.6. The van der Waals surface area contributed by atoms with Crippen LogP contribution in [0.2, 0.25) is 0 Å². The highest BCUT2D eigenvalue weighted by Crippen LogP contribution is 2.37. The number of nitrogens with one attached hydrogen (secondary N) is 2. The number of halogens is 3.